The van der Waals surface area contributed by atoms with Crippen LogP contribution in [0, 0.1) is 0 Å². The Bertz CT molecular complexity index is 947. The first-order valence-corrected chi connectivity index (χ1v) is 10.5. The molecule has 2 heterocycles. The van der Waals surface area contributed by atoms with Gasteiger partial charge in [-0.05, 0) is 19.1 Å². The Morgan fingerprint density at radius 1 is 1.43 bits per heavy atom. The van der Waals surface area contributed by atoms with Gasteiger partial charge >= 0.3 is 0 Å². The number of anilines is 1. The highest BCUT2D eigenvalue weighted by Crippen LogP contribution is 2.29. The second kappa shape index (κ2) is 9.67. The largest absolute Gasteiger partial charge is 0.481 e. The predicted molar refractivity (Wildman–Crippen MR) is 110 cm³/mol. The highest BCUT2D eigenvalue weighted by molar-refractivity contribution is 7.99. The summed E-state index contributed by atoms with van der Waals surface area (Å²) in [5.41, 5.74) is 1.55. The number of aromatic nitrogens is 5. The first kappa shape index (κ1) is 20.3. The topological polar surface area (TPSA) is 94.8 Å². The summed E-state index contributed by atoms with van der Waals surface area (Å²) in [5.74, 6) is 1.15. The summed E-state index contributed by atoms with van der Waals surface area (Å²) in [4.78, 5) is 12.1. The molecule has 11 heteroatoms. The molecule has 1 aromatic carbocycles. The normalized spacial score (nSPS) is 11.8. The number of benzene rings is 1. The van der Waals surface area contributed by atoms with Crippen molar-refractivity contribution in [3.8, 4) is 5.75 Å². The molecule has 3 rings (SSSR count). The standard InChI is InChI=1S/C17H17ClN6O2S2/c1-3-8-24-15(11(2)26-13-7-5-4-6-12(13)18)21-23-17(24)27-9-14(25)20-16-22-19-10-28-16/h3-7,10-11H,1,8-9H2,2H3,(H,20,22,25). The first-order chi connectivity index (χ1) is 13.6. The minimum atomic E-state index is -0.392. The number of hydrogen-bond acceptors (Lipinski definition) is 8. The average Bonchev–Trinajstić information content (AvgIpc) is 3.32. The zero-order valence-corrected chi connectivity index (χ0v) is 17.3. The van der Waals surface area contributed by atoms with Gasteiger partial charge in [-0.3, -0.25) is 14.7 Å². The number of carbonyl (C=O) groups is 1. The molecule has 2 aromatic heterocycles. The number of hydrogen-bond donors (Lipinski definition) is 1. The van der Waals surface area contributed by atoms with Crippen molar-refractivity contribution in [3.63, 3.8) is 0 Å². The lowest BCUT2D eigenvalue weighted by molar-refractivity contribution is -0.113. The minimum Gasteiger partial charge on any atom is -0.481 e. The van der Waals surface area contributed by atoms with Crippen molar-refractivity contribution in [3.05, 3.63) is 53.3 Å². The number of ether oxygens (including phenoxy) is 1. The van der Waals surface area contributed by atoms with E-state index in [9.17, 15) is 4.79 Å². The highest BCUT2D eigenvalue weighted by atomic mass is 35.5. The van der Waals surface area contributed by atoms with Gasteiger partial charge in [0, 0.05) is 6.54 Å². The van der Waals surface area contributed by atoms with Gasteiger partial charge in [0.2, 0.25) is 11.0 Å². The minimum absolute atomic E-state index is 0.161. The van der Waals surface area contributed by atoms with Crippen LogP contribution in [0.25, 0.3) is 0 Å². The molecule has 0 aliphatic rings. The van der Waals surface area contributed by atoms with Gasteiger partial charge in [0.05, 0.1) is 10.8 Å². The predicted octanol–water partition coefficient (Wildman–Crippen LogP) is 3.84. The fourth-order valence-electron chi connectivity index (χ4n) is 2.30. The zero-order chi connectivity index (χ0) is 19.9. The molecule has 1 unspecified atom stereocenters. The lowest BCUT2D eigenvalue weighted by Crippen LogP contribution is -2.15. The molecule has 8 nitrogen and oxygen atoms in total. The molecule has 1 N–H and O–H groups in total. The quantitative estimate of drug-likeness (QED) is 0.402. The third-order valence-electron chi connectivity index (χ3n) is 3.50. The summed E-state index contributed by atoms with van der Waals surface area (Å²) in [6.45, 7) is 6.13. The fourth-order valence-corrected chi connectivity index (χ4v) is 3.70. The van der Waals surface area contributed by atoms with Crippen LogP contribution in [0.5, 0.6) is 5.75 Å². The van der Waals surface area contributed by atoms with Crippen molar-refractivity contribution in [1.82, 2.24) is 25.0 Å². The summed E-state index contributed by atoms with van der Waals surface area (Å²) in [5, 5.41) is 20.2. The van der Waals surface area contributed by atoms with Gasteiger partial charge in [-0.25, -0.2) is 0 Å². The summed E-state index contributed by atoms with van der Waals surface area (Å²) in [6, 6.07) is 7.23. The number of allylic oxidation sites excluding steroid dienone is 1. The number of nitrogens with one attached hydrogen (secondary N) is 1. The summed E-state index contributed by atoms with van der Waals surface area (Å²) < 4.78 is 7.79. The van der Waals surface area contributed by atoms with E-state index in [-0.39, 0.29) is 11.7 Å². The molecular formula is C17H17ClN6O2S2. The third-order valence-corrected chi connectivity index (χ3v) is 5.39. The van der Waals surface area contributed by atoms with E-state index in [0.29, 0.717) is 33.4 Å². The molecule has 0 fully saturated rings. The molecule has 1 amide bonds. The van der Waals surface area contributed by atoms with Crippen molar-refractivity contribution in [1.29, 1.82) is 0 Å². The van der Waals surface area contributed by atoms with Crippen molar-refractivity contribution in [2.24, 2.45) is 0 Å². The molecule has 1 atom stereocenters. The molecule has 0 aliphatic heterocycles. The molecule has 0 bridgehead atoms. The number of halogens is 1. The van der Waals surface area contributed by atoms with E-state index in [2.05, 4.69) is 32.3 Å². The monoisotopic (exact) mass is 436 g/mol. The number of thioether (sulfide) groups is 1. The van der Waals surface area contributed by atoms with Crippen LogP contribution in [0.2, 0.25) is 5.02 Å². The van der Waals surface area contributed by atoms with Gasteiger partial charge in [-0.15, -0.1) is 27.0 Å². The summed E-state index contributed by atoms with van der Waals surface area (Å²) in [6.07, 6.45) is 1.34. The van der Waals surface area contributed by atoms with Crippen molar-refractivity contribution in [2.45, 2.75) is 24.7 Å². The van der Waals surface area contributed by atoms with Crippen LogP contribution in [-0.2, 0) is 11.3 Å². The van der Waals surface area contributed by atoms with E-state index in [1.54, 1.807) is 23.7 Å². The van der Waals surface area contributed by atoms with E-state index < -0.39 is 6.10 Å². The number of nitrogens with zero attached hydrogens (tertiary/aromatic N) is 5. The zero-order valence-electron chi connectivity index (χ0n) is 14.9. The van der Waals surface area contributed by atoms with E-state index in [1.165, 1.54) is 23.1 Å². The van der Waals surface area contributed by atoms with Crippen LogP contribution in [0.4, 0.5) is 5.13 Å². The average molecular weight is 437 g/mol. The summed E-state index contributed by atoms with van der Waals surface area (Å²) >= 11 is 8.69. The van der Waals surface area contributed by atoms with Crippen LogP contribution in [0.3, 0.4) is 0 Å². The summed E-state index contributed by atoms with van der Waals surface area (Å²) in [7, 11) is 0. The first-order valence-electron chi connectivity index (χ1n) is 8.22. The number of rotatable bonds is 9. The molecule has 0 saturated heterocycles. The Labute approximate surface area is 175 Å². The van der Waals surface area contributed by atoms with Gasteiger partial charge < -0.3 is 4.74 Å². The number of amides is 1. The second-order valence-electron chi connectivity index (χ2n) is 5.51. The van der Waals surface area contributed by atoms with Crippen LogP contribution in [0.15, 0.2) is 47.6 Å². The Morgan fingerprint density at radius 3 is 2.96 bits per heavy atom. The second-order valence-corrected chi connectivity index (χ2v) is 7.69. The Balaban J connectivity index is 1.69. The Kier molecular flexibility index (Phi) is 7.01. The Morgan fingerprint density at radius 2 is 2.25 bits per heavy atom. The third kappa shape index (κ3) is 5.09. The van der Waals surface area contributed by atoms with Crippen LogP contribution >= 0.6 is 34.7 Å². The van der Waals surface area contributed by atoms with Gasteiger partial charge in [0.25, 0.3) is 0 Å². The van der Waals surface area contributed by atoms with E-state index in [1.807, 2.05) is 23.6 Å². The highest BCUT2D eigenvalue weighted by Gasteiger charge is 2.20. The van der Waals surface area contributed by atoms with Crippen LogP contribution in [-0.4, -0.2) is 36.6 Å². The maximum Gasteiger partial charge on any atom is 0.236 e. The molecule has 0 aliphatic carbocycles. The lowest BCUT2D eigenvalue weighted by Gasteiger charge is -2.16. The van der Waals surface area contributed by atoms with Crippen LogP contribution in [0.1, 0.15) is 18.9 Å². The fraction of sp³-hybridized carbons (Fsp3) is 0.235. The number of para-hydroxylation sites is 1. The SMILES string of the molecule is C=CCn1c(SCC(=O)Nc2nncs2)nnc1C(C)Oc1ccccc1Cl. The van der Waals surface area contributed by atoms with Crippen molar-refractivity contribution in [2.75, 3.05) is 11.1 Å². The van der Waals surface area contributed by atoms with Gasteiger partial charge in [-0.1, -0.05) is 52.9 Å². The maximum absolute atomic E-state index is 12.1. The molecule has 3 aromatic rings. The molecule has 0 spiro atoms. The Hall–Kier alpha value is -2.43. The maximum atomic E-state index is 12.1. The smallest absolute Gasteiger partial charge is 0.236 e. The van der Waals surface area contributed by atoms with Gasteiger partial charge in [-0.2, -0.15) is 0 Å². The molecular weight excluding hydrogens is 420 g/mol. The van der Waals surface area contributed by atoms with E-state index >= 15 is 0 Å². The van der Waals surface area contributed by atoms with E-state index in [4.69, 9.17) is 16.3 Å². The van der Waals surface area contributed by atoms with Crippen molar-refractivity contribution >= 4 is 45.7 Å². The van der Waals surface area contributed by atoms with Gasteiger partial charge in [0.15, 0.2) is 17.1 Å². The molecule has 28 heavy (non-hydrogen) atoms. The lowest BCUT2D eigenvalue weighted by atomic mass is 10.3. The van der Waals surface area contributed by atoms with Crippen molar-refractivity contribution < 1.29 is 9.53 Å². The molecule has 0 radical (unpaired) electrons. The molecule has 146 valence electrons. The van der Waals surface area contributed by atoms with Gasteiger partial charge in [0.1, 0.15) is 11.3 Å². The van der Waals surface area contributed by atoms with Crippen LogP contribution < -0.4 is 10.1 Å². The molecule has 0 saturated carbocycles. The number of carbonyl (C=O) groups excluding carboxylic acids is 1. The van der Waals surface area contributed by atoms with E-state index in [0.717, 1.165) is 0 Å².